The summed E-state index contributed by atoms with van der Waals surface area (Å²) >= 11 is 0. The molecule has 0 atom stereocenters. The minimum Gasteiger partial charge on any atom is -0.464 e. The molecule has 0 aromatic rings. The molecular formula is C30H40N2O8. The van der Waals surface area contributed by atoms with Gasteiger partial charge in [-0.1, -0.05) is 38.5 Å². The monoisotopic (exact) mass is 556 g/mol. The molecular weight excluding hydrogens is 516 g/mol. The van der Waals surface area contributed by atoms with E-state index in [4.69, 9.17) is 18.9 Å². The van der Waals surface area contributed by atoms with E-state index in [-0.39, 0.29) is 26.3 Å². The first-order valence-corrected chi connectivity index (χ1v) is 13.6. The lowest BCUT2D eigenvalue weighted by molar-refractivity contribution is -0.143. The van der Waals surface area contributed by atoms with Crippen molar-refractivity contribution in [1.29, 1.82) is 0 Å². The molecule has 2 N–H and O–H groups in total. The molecule has 0 unspecified atom stereocenters. The first-order valence-electron chi connectivity index (χ1n) is 13.6. The van der Waals surface area contributed by atoms with Gasteiger partial charge in [0.2, 0.25) is 0 Å². The zero-order valence-electron chi connectivity index (χ0n) is 23.6. The molecule has 0 aromatic carbocycles. The van der Waals surface area contributed by atoms with Crippen LogP contribution >= 0.6 is 0 Å². The van der Waals surface area contributed by atoms with Crippen LogP contribution in [0.2, 0.25) is 0 Å². The van der Waals surface area contributed by atoms with Crippen molar-refractivity contribution in [3.8, 4) is 47.4 Å². The Hall–Kier alpha value is -4.28. The summed E-state index contributed by atoms with van der Waals surface area (Å²) in [6.45, 7) is 4.73. The second-order valence-corrected chi connectivity index (χ2v) is 8.14. The maximum atomic E-state index is 11.5. The van der Waals surface area contributed by atoms with E-state index in [1.807, 2.05) is 13.8 Å². The zero-order valence-corrected chi connectivity index (χ0v) is 23.6. The van der Waals surface area contributed by atoms with Crippen LogP contribution in [0, 0.1) is 47.4 Å². The van der Waals surface area contributed by atoms with E-state index >= 15 is 0 Å². The number of alkyl carbamates (subject to hydrolysis) is 2. The predicted molar refractivity (Wildman–Crippen MR) is 149 cm³/mol. The van der Waals surface area contributed by atoms with Gasteiger partial charge in [-0.3, -0.25) is 9.59 Å². The fraction of sp³-hybridized carbons (Fsp3) is 0.600. The van der Waals surface area contributed by atoms with Crippen LogP contribution < -0.4 is 10.6 Å². The standard InChI is InChI=1S/C30H40N2O8/c1-3-5-21-37-27(33)25-31-29(35)39-23-19-17-15-13-11-9-7-8-10-12-14-16-18-20-24-40-30(36)32-26-28(34)38-22-6-4-2/h3-6,15-26H2,1-2H3,(H,31,35)(H,32,36). The minimum absolute atomic E-state index is 0.208. The van der Waals surface area contributed by atoms with Crippen LogP contribution in [0.15, 0.2) is 0 Å². The maximum absolute atomic E-state index is 11.5. The van der Waals surface area contributed by atoms with Crippen molar-refractivity contribution in [2.75, 3.05) is 39.5 Å². The minimum atomic E-state index is -0.654. The Balaban J connectivity index is 3.72. The highest BCUT2D eigenvalue weighted by Gasteiger charge is 2.07. The number of rotatable bonds is 18. The molecule has 2 amide bonds. The SMILES string of the molecule is CCCCOC(=O)CNC(=O)OCCCCC#CC#CC#CC#CCCCCOC(=O)NCC(=O)OCCCC. The summed E-state index contributed by atoms with van der Waals surface area (Å²) in [7, 11) is 0. The van der Waals surface area contributed by atoms with E-state index in [0.29, 0.717) is 38.9 Å². The van der Waals surface area contributed by atoms with Crippen LogP contribution in [-0.2, 0) is 28.5 Å². The van der Waals surface area contributed by atoms with Crippen molar-refractivity contribution in [2.45, 2.75) is 78.1 Å². The quantitative estimate of drug-likeness (QED) is 0.114. The Labute approximate surface area is 238 Å². The largest absolute Gasteiger partial charge is 0.464 e. The molecule has 10 nitrogen and oxygen atoms in total. The number of carbonyl (C=O) groups is 4. The summed E-state index contributed by atoms with van der Waals surface area (Å²) in [5, 5.41) is 4.69. The molecule has 0 radical (unpaired) electrons. The van der Waals surface area contributed by atoms with Crippen molar-refractivity contribution in [3.05, 3.63) is 0 Å². The summed E-state index contributed by atoms with van der Waals surface area (Å²) < 4.78 is 19.8. The zero-order chi connectivity index (χ0) is 29.5. The molecule has 0 aliphatic carbocycles. The Bertz CT molecular complexity index is 927. The number of nitrogens with one attached hydrogen (secondary N) is 2. The second kappa shape index (κ2) is 27.7. The highest BCUT2D eigenvalue weighted by molar-refractivity contribution is 5.78. The fourth-order valence-corrected chi connectivity index (χ4v) is 2.45. The first kappa shape index (κ1) is 35.7. The average Bonchev–Trinajstić information content (AvgIpc) is 2.94. The summed E-state index contributed by atoms with van der Waals surface area (Å²) in [5.74, 6) is 20.6. The fourth-order valence-electron chi connectivity index (χ4n) is 2.45. The highest BCUT2D eigenvalue weighted by Crippen LogP contribution is 1.96. The van der Waals surface area contributed by atoms with Crippen LogP contribution in [-0.4, -0.2) is 63.6 Å². The van der Waals surface area contributed by atoms with Crippen LogP contribution in [0.5, 0.6) is 0 Å². The Morgan fingerprint density at radius 2 is 0.875 bits per heavy atom. The van der Waals surface area contributed by atoms with E-state index in [2.05, 4.69) is 58.0 Å². The Morgan fingerprint density at radius 3 is 1.27 bits per heavy atom. The number of carbonyl (C=O) groups excluding carboxylic acids is 4. The van der Waals surface area contributed by atoms with Crippen molar-refractivity contribution in [2.24, 2.45) is 0 Å². The van der Waals surface area contributed by atoms with Crippen molar-refractivity contribution in [3.63, 3.8) is 0 Å². The van der Waals surface area contributed by atoms with Gasteiger partial charge in [0.1, 0.15) is 13.1 Å². The topological polar surface area (TPSA) is 129 Å². The summed E-state index contributed by atoms with van der Waals surface area (Å²) in [5.41, 5.74) is 0. The van der Waals surface area contributed by atoms with Gasteiger partial charge in [0, 0.05) is 12.8 Å². The van der Waals surface area contributed by atoms with E-state index in [0.717, 1.165) is 38.5 Å². The number of esters is 2. The normalized spacial score (nSPS) is 8.95. The molecule has 218 valence electrons. The smallest absolute Gasteiger partial charge is 0.407 e. The van der Waals surface area contributed by atoms with E-state index < -0.39 is 24.1 Å². The van der Waals surface area contributed by atoms with Gasteiger partial charge >= 0.3 is 24.1 Å². The molecule has 0 rings (SSSR count). The number of hydrogen-bond acceptors (Lipinski definition) is 8. The Kier molecular flexibility index (Phi) is 24.8. The van der Waals surface area contributed by atoms with Crippen molar-refractivity contribution < 1.29 is 38.1 Å². The van der Waals surface area contributed by atoms with Gasteiger partial charge in [0.25, 0.3) is 0 Å². The van der Waals surface area contributed by atoms with Gasteiger partial charge in [-0.15, -0.1) is 0 Å². The third-order valence-electron chi connectivity index (χ3n) is 4.62. The van der Waals surface area contributed by atoms with Gasteiger partial charge in [-0.2, -0.15) is 0 Å². The lowest BCUT2D eigenvalue weighted by Gasteiger charge is -2.06. The molecule has 0 heterocycles. The van der Waals surface area contributed by atoms with Crippen LogP contribution in [0.1, 0.15) is 78.1 Å². The van der Waals surface area contributed by atoms with Gasteiger partial charge in [-0.25, -0.2) is 9.59 Å². The molecule has 0 aliphatic heterocycles. The van der Waals surface area contributed by atoms with Crippen molar-refractivity contribution in [1.82, 2.24) is 10.6 Å². The lowest BCUT2D eigenvalue weighted by atomic mass is 10.2. The molecule has 0 bridgehead atoms. The predicted octanol–water partition coefficient (Wildman–Crippen LogP) is 3.48. The Morgan fingerprint density at radius 1 is 0.500 bits per heavy atom. The molecule has 0 aliphatic rings. The number of amides is 2. The third kappa shape index (κ3) is 26.8. The van der Waals surface area contributed by atoms with E-state index in [1.165, 1.54) is 0 Å². The average molecular weight is 557 g/mol. The van der Waals surface area contributed by atoms with Gasteiger partial charge in [0.15, 0.2) is 0 Å². The molecule has 0 aromatic heterocycles. The number of ether oxygens (including phenoxy) is 4. The van der Waals surface area contributed by atoms with Crippen LogP contribution in [0.3, 0.4) is 0 Å². The molecule has 0 saturated carbocycles. The third-order valence-corrected chi connectivity index (χ3v) is 4.62. The van der Waals surface area contributed by atoms with Crippen LogP contribution in [0.4, 0.5) is 9.59 Å². The van der Waals surface area contributed by atoms with Gasteiger partial charge in [0.05, 0.1) is 26.4 Å². The maximum Gasteiger partial charge on any atom is 0.407 e. The van der Waals surface area contributed by atoms with Gasteiger partial charge < -0.3 is 29.6 Å². The first-order chi connectivity index (χ1) is 19.5. The summed E-state index contributed by atoms with van der Waals surface area (Å²) in [6.07, 6.45) is 6.09. The van der Waals surface area contributed by atoms with E-state index in [1.54, 1.807) is 0 Å². The summed E-state index contributed by atoms with van der Waals surface area (Å²) in [4.78, 5) is 45.7. The molecule has 40 heavy (non-hydrogen) atoms. The molecule has 0 saturated heterocycles. The highest BCUT2D eigenvalue weighted by atomic mass is 16.6. The van der Waals surface area contributed by atoms with Crippen molar-refractivity contribution >= 4 is 24.1 Å². The molecule has 0 fully saturated rings. The molecule has 0 spiro atoms. The second-order valence-electron chi connectivity index (χ2n) is 8.14. The number of hydrogen-bond donors (Lipinski definition) is 2. The van der Waals surface area contributed by atoms with E-state index in [9.17, 15) is 19.2 Å². The van der Waals surface area contributed by atoms with Crippen LogP contribution in [0.25, 0.3) is 0 Å². The van der Waals surface area contributed by atoms with Gasteiger partial charge in [-0.05, 0) is 74.0 Å². The molecule has 10 heteroatoms. The lowest BCUT2D eigenvalue weighted by Crippen LogP contribution is -2.31. The number of unbranched alkanes of at least 4 members (excludes halogenated alkanes) is 6. The summed E-state index contributed by atoms with van der Waals surface area (Å²) in [6, 6.07) is 0.